The molecule has 3 aromatic rings. The zero-order valence-electron chi connectivity index (χ0n) is 11.7. The largest absolute Gasteiger partial charge is 0.378 e. The average Bonchev–Trinajstić information content (AvgIpc) is 3.01. The van der Waals surface area contributed by atoms with Gasteiger partial charge in [0.2, 0.25) is 0 Å². The Kier molecular flexibility index (Phi) is 3.47. The molecule has 0 amide bonds. The number of anilines is 1. The number of ether oxygens (including phenoxy) is 1. The van der Waals surface area contributed by atoms with Crippen LogP contribution in [0.1, 0.15) is 0 Å². The molecule has 0 N–H and O–H groups in total. The molecule has 0 aliphatic carbocycles. The summed E-state index contributed by atoms with van der Waals surface area (Å²) in [6.07, 6.45) is 3.59. The topological polar surface area (TPSA) is 69.0 Å². The van der Waals surface area contributed by atoms with Crippen LogP contribution < -0.4 is 4.90 Å². The zero-order valence-corrected chi connectivity index (χ0v) is 13.3. The molecule has 8 heteroatoms. The molecule has 0 saturated carbocycles. The van der Waals surface area contributed by atoms with Crippen molar-refractivity contribution in [3.63, 3.8) is 0 Å². The Hall–Kier alpha value is -2.06. The highest BCUT2D eigenvalue weighted by Crippen LogP contribution is 2.23. The number of fused-ring (bicyclic) bond motifs is 1. The third-order valence-electron chi connectivity index (χ3n) is 3.50. The third kappa shape index (κ3) is 2.44. The van der Waals surface area contributed by atoms with Crippen LogP contribution in [-0.4, -0.2) is 51.0 Å². The van der Waals surface area contributed by atoms with Gasteiger partial charge in [-0.05, 0) is 34.1 Å². The maximum atomic E-state index is 5.42. The van der Waals surface area contributed by atoms with Crippen LogP contribution in [-0.2, 0) is 4.74 Å². The van der Waals surface area contributed by atoms with Crippen LogP contribution in [0.5, 0.6) is 0 Å². The molecule has 0 atom stereocenters. The monoisotopic (exact) mass is 360 g/mol. The SMILES string of the molecule is Brc1ccn(-c2nc(N3CCOCC3)c3ncccc3n2)n1. The molecule has 0 aromatic carbocycles. The van der Waals surface area contributed by atoms with Crippen LogP contribution >= 0.6 is 15.9 Å². The summed E-state index contributed by atoms with van der Waals surface area (Å²) < 4.78 is 7.82. The van der Waals surface area contributed by atoms with E-state index in [1.807, 2.05) is 24.4 Å². The van der Waals surface area contributed by atoms with Crippen LogP contribution in [0.3, 0.4) is 0 Å². The van der Waals surface area contributed by atoms with Gasteiger partial charge in [-0.2, -0.15) is 10.1 Å². The van der Waals surface area contributed by atoms with Gasteiger partial charge in [0.25, 0.3) is 5.95 Å². The first-order chi connectivity index (χ1) is 10.8. The lowest BCUT2D eigenvalue weighted by atomic mass is 10.3. The van der Waals surface area contributed by atoms with E-state index in [4.69, 9.17) is 4.74 Å². The van der Waals surface area contributed by atoms with E-state index in [9.17, 15) is 0 Å². The Labute approximate surface area is 135 Å². The normalized spacial score (nSPS) is 15.4. The fourth-order valence-corrected chi connectivity index (χ4v) is 2.74. The van der Waals surface area contributed by atoms with Gasteiger partial charge in [0.05, 0.1) is 18.7 Å². The minimum Gasteiger partial charge on any atom is -0.378 e. The molecule has 0 radical (unpaired) electrons. The van der Waals surface area contributed by atoms with E-state index < -0.39 is 0 Å². The Morgan fingerprint density at radius 1 is 1.14 bits per heavy atom. The number of halogens is 1. The number of pyridine rings is 1. The van der Waals surface area contributed by atoms with Crippen molar-refractivity contribution in [2.45, 2.75) is 0 Å². The molecule has 0 bridgehead atoms. The lowest BCUT2D eigenvalue weighted by molar-refractivity contribution is 0.122. The molecule has 4 heterocycles. The summed E-state index contributed by atoms with van der Waals surface area (Å²) in [4.78, 5) is 15.9. The van der Waals surface area contributed by atoms with E-state index in [1.54, 1.807) is 10.9 Å². The van der Waals surface area contributed by atoms with Crippen molar-refractivity contribution < 1.29 is 4.74 Å². The fourth-order valence-electron chi connectivity index (χ4n) is 2.45. The van der Waals surface area contributed by atoms with Gasteiger partial charge in [-0.15, -0.1) is 0 Å². The van der Waals surface area contributed by atoms with Gasteiger partial charge in [0, 0.05) is 25.5 Å². The van der Waals surface area contributed by atoms with E-state index in [2.05, 4.69) is 40.9 Å². The van der Waals surface area contributed by atoms with Crippen molar-refractivity contribution in [1.82, 2.24) is 24.7 Å². The Bertz CT molecular complexity index is 814. The van der Waals surface area contributed by atoms with Gasteiger partial charge < -0.3 is 9.64 Å². The van der Waals surface area contributed by atoms with Crippen molar-refractivity contribution >= 4 is 32.8 Å². The third-order valence-corrected chi connectivity index (χ3v) is 3.92. The lowest BCUT2D eigenvalue weighted by Gasteiger charge is -2.28. The first-order valence-electron chi connectivity index (χ1n) is 6.98. The molecule has 22 heavy (non-hydrogen) atoms. The standard InChI is InChI=1S/C14H13BrN6O/c15-11-3-5-21(19-11)14-17-10-2-1-4-16-12(10)13(18-14)20-6-8-22-9-7-20/h1-5H,6-9H2. The van der Waals surface area contributed by atoms with Crippen LogP contribution in [0.25, 0.3) is 17.0 Å². The average molecular weight is 361 g/mol. The second kappa shape index (κ2) is 5.62. The molecule has 7 nitrogen and oxygen atoms in total. The van der Waals surface area contributed by atoms with Crippen LogP contribution in [0, 0.1) is 0 Å². The molecule has 1 aliphatic rings. The molecule has 4 rings (SSSR count). The number of hydrogen-bond donors (Lipinski definition) is 0. The predicted octanol–water partition coefficient (Wildman–Crippen LogP) is 1.81. The first kappa shape index (κ1) is 13.6. The minimum atomic E-state index is 0.535. The van der Waals surface area contributed by atoms with Crippen molar-refractivity contribution in [3.05, 3.63) is 35.2 Å². The summed E-state index contributed by atoms with van der Waals surface area (Å²) in [5.41, 5.74) is 1.61. The number of rotatable bonds is 2. The summed E-state index contributed by atoms with van der Waals surface area (Å²) in [6, 6.07) is 5.67. The number of nitrogens with zero attached hydrogens (tertiary/aromatic N) is 6. The second-order valence-corrected chi connectivity index (χ2v) is 5.71. The van der Waals surface area contributed by atoms with Gasteiger partial charge in [-0.25, -0.2) is 9.67 Å². The maximum Gasteiger partial charge on any atom is 0.253 e. The van der Waals surface area contributed by atoms with Gasteiger partial charge in [-0.3, -0.25) is 4.98 Å². The Morgan fingerprint density at radius 2 is 2.00 bits per heavy atom. The van der Waals surface area contributed by atoms with Crippen molar-refractivity contribution in [3.8, 4) is 5.95 Å². The lowest BCUT2D eigenvalue weighted by Crippen LogP contribution is -2.37. The van der Waals surface area contributed by atoms with E-state index >= 15 is 0 Å². The Balaban J connectivity index is 1.88. The minimum absolute atomic E-state index is 0.535. The number of aromatic nitrogens is 5. The molecular weight excluding hydrogens is 348 g/mol. The zero-order chi connectivity index (χ0) is 14.9. The maximum absolute atomic E-state index is 5.42. The van der Waals surface area contributed by atoms with Gasteiger partial charge in [-0.1, -0.05) is 0 Å². The van der Waals surface area contributed by atoms with Gasteiger partial charge in [0.1, 0.15) is 10.1 Å². The quantitative estimate of drug-likeness (QED) is 0.694. The van der Waals surface area contributed by atoms with Crippen molar-refractivity contribution in [1.29, 1.82) is 0 Å². The van der Waals surface area contributed by atoms with E-state index in [0.717, 1.165) is 34.5 Å². The molecule has 112 valence electrons. The van der Waals surface area contributed by atoms with Crippen LogP contribution in [0.4, 0.5) is 5.82 Å². The number of morpholine rings is 1. The molecule has 0 unspecified atom stereocenters. The molecule has 0 spiro atoms. The van der Waals surface area contributed by atoms with E-state index in [0.29, 0.717) is 19.2 Å². The van der Waals surface area contributed by atoms with E-state index in [-0.39, 0.29) is 0 Å². The molecule has 3 aromatic heterocycles. The highest BCUT2D eigenvalue weighted by molar-refractivity contribution is 9.10. The highest BCUT2D eigenvalue weighted by atomic mass is 79.9. The second-order valence-electron chi connectivity index (χ2n) is 4.90. The summed E-state index contributed by atoms with van der Waals surface area (Å²) in [7, 11) is 0. The Morgan fingerprint density at radius 3 is 2.77 bits per heavy atom. The van der Waals surface area contributed by atoms with Crippen LogP contribution in [0.15, 0.2) is 35.2 Å². The fraction of sp³-hybridized carbons (Fsp3) is 0.286. The summed E-state index contributed by atoms with van der Waals surface area (Å²) in [5.74, 6) is 1.36. The molecule has 1 saturated heterocycles. The number of hydrogen-bond acceptors (Lipinski definition) is 6. The van der Waals surface area contributed by atoms with Crippen LogP contribution in [0.2, 0.25) is 0 Å². The molecular formula is C14H13BrN6O. The van der Waals surface area contributed by atoms with Crippen molar-refractivity contribution in [2.24, 2.45) is 0 Å². The molecule has 1 aliphatic heterocycles. The van der Waals surface area contributed by atoms with Gasteiger partial charge in [0.15, 0.2) is 5.82 Å². The summed E-state index contributed by atoms with van der Waals surface area (Å²) >= 11 is 3.35. The summed E-state index contributed by atoms with van der Waals surface area (Å²) in [5, 5.41) is 4.32. The smallest absolute Gasteiger partial charge is 0.253 e. The van der Waals surface area contributed by atoms with Crippen molar-refractivity contribution in [2.75, 3.05) is 31.2 Å². The summed E-state index contributed by atoms with van der Waals surface area (Å²) in [6.45, 7) is 2.98. The molecule has 1 fully saturated rings. The van der Waals surface area contributed by atoms with E-state index in [1.165, 1.54) is 0 Å². The first-order valence-corrected chi connectivity index (χ1v) is 7.77. The predicted molar refractivity (Wildman–Crippen MR) is 85.2 cm³/mol. The highest BCUT2D eigenvalue weighted by Gasteiger charge is 2.18. The van der Waals surface area contributed by atoms with Gasteiger partial charge >= 0.3 is 0 Å².